The number of nitrogens with one attached hydrogen (secondary N) is 1. The van der Waals surface area contributed by atoms with E-state index in [1.165, 1.54) is 16.8 Å². The summed E-state index contributed by atoms with van der Waals surface area (Å²) in [7, 11) is 0. The van der Waals surface area contributed by atoms with Crippen LogP contribution < -0.4 is 15.1 Å². The van der Waals surface area contributed by atoms with Crippen molar-refractivity contribution in [3.05, 3.63) is 57.6 Å². The lowest BCUT2D eigenvalue weighted by atomic mass is 9.86. The van der Waals surface area contributed by atoms with Gasteiger partial charge in [0, 0.05) is 66.7 Å². The first-order valence-corrected chi connectivity index (χ1v) is 14.7. The molecule has 1 aliphatic carbocycles. The molecular formula is C30H39BrN4O4. The van der Waals surface area contributed by atoms with Gasteiger partial charge in [-0.05, 0) is 87.6 Å². The average molecular weight is 600 g/mol. The SMILES string of the molecule is CC(C)(C)OC(=O)N1CCN(c2ccc(Br)c3c2CC(NC(=O)c2ccc(N4CCOCC4)cc2)CC3)CC1. The largest absolute Gasteiger partial charge is 0.444 e. The number of carbonyl (C=O) groups excluding carboxylic acids is 2. The van der Waals surface area contributed by atoms with Crippen molar-refractivity contribution in [2.75, 3.05) is 62.3 Å². The second-order valence-corrected chi connectivity index (χ2v) is 12.4. The van der Waals surface area contributed by atoms with Crippen LogP contribution in [0.25, 0.3) is 0 Å². The lowest BCUT2D eigenvalue weighted by Gasteiger charge is -2.39. The number of fused-ring (bicyclic) bond motifs is 1. The normalized spacial score (nSPS) is 19.9. The van der Waals surface area contributed by atoms with E-state index in [2.05, 4.69) is 43.2 Å². The van der Waals surface area contributed by atoms with E-state index in [-0.39, 0.29) is 18.0 Å². The molecule has 210 valence electrons. The Morgan fingerprint density at radius 3 is 2.28 bits per heavy atom. The first kappa shape index (κ1) is 27.8. The molecule has 0 spiro atoms. The van der Waals surface area contributed by atoms with Gasteiger partial charge in [0.05, 0.1) is 13.2 Å². The summed E-state index contributed by atoms with van der Waals surface area (Å²) in [5.74, 6) is -0.0282. The van der Waals surface area contributed by atoms with Gasteiger partial charge >= 0.3 is 6.09 Å². The van der Waals surface area contributed by atoms with Crippen LogP contribution in [0, 0.1) is 0 Å². The second kappa shape index (κ2) is 11.8. The van der Waals surface area contributed by atoms with Crippen molar-refractivity contribution in [3.8, 4) is 0 Å². The summed E-state index contributed by atoms with van der Waals surface area (Å²) in [4.78, 5) is 32.1. The molecule has 2 amide bonds. The number of benzene rings is 2. The summed E-state index contributed by atoms with van der Waals surface area (Å²) in [6.45, 7) is 11.7. The summed E-state index contributed by atoms with van der Waals surface area (Å²) in [5, 5.41) is 3.29. The Hall–Kier alpha value is -2.78. The molecule has 9 heteroatoms. The molecule has 2 fully saturated rings. The average Bonchev–Trinajstić information content (AvgIpc) is 2.93. The zero-order valence-electron chi connectivity index (χ0n) is 23.2. The lowest BCUT2D eigenvalue weighted by molar-refractivity contribution is 0.0240. The standard InChI is InChI=1S/C30H39BrN4O4/c1-30(2,3)39-29(37)35-14-12-34(13-15-35)27-11-10-26(31)24-9-6-22(20-25(24)27)32-28(36)21-4-7-23(8-5-21)33-16-18-38-19-17-33/h4-5,7-8,10-11,22H,6,9,12-20H2,1-3H3,(H,32,36). The van der Waals surface area contributed by atoms with Crippen molar-refractivity contribution in [3.63, 3.8) is 0 Å². The molecule has 2 saturated heterocycles. The molecule has 39 heavy (non-hydrogen) atoms. The van der Waals surface area contributed by atoms with Crippen LogP contribution in [-0.4, -0.2) is 81.0 Å². The molecule has 0 radical (unpaired) electrons. The highest BCUT2D eigenvalue weighted by atomic mass is 79.9. The monoisotopic (exact) mass is 598 g/mol. The van der Waals surface area contributed by atoms with Crippen molar-refractivity contribution < 1.29 is 19.1 Å². The van der Waals surface area contributed by atoms with Crippen LogP contribution >= 0.6 is 15.9 Å². The summed E-state index contributed by atoms with van der Waals surface area (Å²) < 4.78 is 12.1. The Labute approximate surface area is 239 Å². The number of carbonyl (C=O) groups is 2. The first-order valence-electron chi connectivity index (χ1n) is 13.9. The fourth-order valence-corrected chi connectivity index (χ4v) is 6.18. The highest BCUT2D eigenvalue weighted by molar-refractivity contribution is 9.10. The molecule has 5 rings (SSSR count). The number of piperazine rings is 1. The van der Waals surface area contributed by atoms with Crippen LogP contribution in [0.2, 0.25) is 0 Å². The van der Waals surface area contributed by atoms with Crippen molar-refractivity contribution in [1.29, 1.82) is 0 Å². The Morgan fingerprint density at radius 2 is 1.62 bits per heavy atom. The fourth-order valence-electron chi connectivity index (χ4n) is 5.61. The number of ether oxygens (including phenoxy) is 2. The van der Waals surface area contributed by atoms with E-state index in [1.807, 2.05) is 45.0 Å². The molecule has 0 saturated carbocycles. The maximum Gasteiger partial charge on any atom is 0.410 e. The Balaban J connectivity index is 1.23. The highest BCUT2D eigenvalue weighted by Crippen LogP contribution is 2.36. The van der Waals surface area contributed by atoms with Crippen molar-refractivity contribution in [1.82, 2.24) is 10.2 Å². The third kappa shape index (κ3) is 6.69. The first-order chi connectivity index (χ1) is 18.7. The van der Waals surface area contributed by atoms with E-state index in [0.717, 1.165) is 68.8 Å². The number of nitrogens with zero attached hydrogens (tertiary/aromatic N) is 3. The van der Waals surface area contributed by atoms with Crippen LogP contribution in [0.5, 0.6) is 0 Å². The molecule has 3 aliphatic rings. The zero-order valence-corrected chi connectivity index (χ0v) is 24.8. The van der Waals surface area contributed by atoms with Crippen molar-refractivity contribution >= 4 is 39.3 Å². The molecule has 2 aliphatic heterocycles. The fraction of sp³-hybridized carbons (Fsp3) is 0.533. The van der Waals surface area contributed by atoms with Crippen LogP contribution in [0.1, 0.15) is 48.7 Å². The van der Waals surface area contributed by atoms with E-state index in [4.69, 9.17) is 9.47 Å². The molecule has 0 bridgehead atoms. The van der Waals surface area contributed by atoms with Crippen LogP contribution in [0.4, 0.5) is 16.2 Å². The molecule has 1 atom stereocenters. The van der Waals surface area contributed by atoms with Crippen molar-refractivity contribution in [2.24, 2.45) is 0 Å². The quantitative estimate of drug-likeness (QED) is 0.553. The van der Waals surface area contributed by atoms with Crippen LogP contribution in [0.3, 0.4) is 0 Å². The minimum Gasteiger partial charge on any atom is -0.444 e. The molecule has 1 unspecified atom stereocenters. The number of rotatable bonds is 4. The Kier molecular flexibility index (Phi) is 8.38. The van der Waals surface area contributed by atoms with E-state index < -0.39 is 5.60 Å². The third-order valence-electron chi connectivity index (χ3n) is 7.66. The number of halogens is 1. The van der Waals surface area contributed by atoms with E-state index in [9.17, 15) is 9.59 Å². The van der Waals surface area contributed by atoms with Gasteiger partial charge in [-0.15, -0.1) is 0 Å². The minimum absolute atomic E-state index is 0.0282. The molecular weight excluding hydrogens is 560 g/mol. The summed E-state index contributed by atoms with van der Waals surface area (Å²) in [5.41, 5.74) is 5.12. The highest BCUT2D eigenvalue weighted by Gasteiger charge is 2.30. The van der Waals surface area contributed by atoms with Gasteiger partial charge < -0.3 is 29.5 Å². The molecule has 8 nitrogen and oxygen atoms in total. The van der Waals surface area contributed by atoms with E-state index >= 15 is 0 Å². The van der Waals surface area contributed by atoms with Gasteiger partial charge in [-0.1, -0.05) is 15.9 Å². The maximum absolute atomic E-state index is 13.2. The molecule has 0 aromatic heterocycles. The number of anilines is 2. The topological polar surface area (TPSA) is 74.4 Å². The second-order valence-electron chi connectivity index (χ2n) is 11.5. The predicted molar refractivity (Wildman–Crippen MR) is 157 cm³/mol. The van der Waals surface area contributed by atoms with E-state index in [1.54, 1.807) is 4.90 Å². The molecule has 2 heterocycles. The summed E-state index contributed by atoms with van der Waals surface area (Å²) in [6, 6.07) is 12.3. The van der Waals surface area contributed by atoms with Gasteiger partial charge in [0.2, 0.25) is 0 Å². The smallest absolute Gasteiger partial charge is 0.410 e. The number of amides is 2. The maximum atomic E-state index is 13.2. The van der Waals surface area contributed by atoms with Gasteiger partial charge in [0.25, 0.3) is 5.91 Å². The van der Waals surface area contributed by atoms with Crippen molar-refractivity contribution in [2.45, 2.75) is 51.7 Å². The molecule has 1 N–H and O–H groups in total. The van der Waals surface area contributed by atoms with Gasteiger partial charge in [-0.2, -0.15) is 0 Å². The number of hydrogen-bond donors (Lipinski definition) is 1. The molecule has 2 aromatic carbocycles. The number of hydrogen-bond acceptors (Lipinski definition) is 6. The van der Waals surface area contributed by atoms with E-state index in [0.29, 0.717) is 18.7 Å². The van der Waals surface area contributed by atoms with Gasteiger partial charge in [0.15, 0.2) is 0 Å². The summed E-state index contributed by atoms with van der Waals surface area (Å²) in [6.07, 6.45) is 2.34. The minimum atomic E-state index is -0.497. The predicted octanol–water partition coefficient (Wildman–Crippen LogP) is 4.63. The summed E-state index contributed by atoms with van der Waals surface area (Å²) >= 11 is 3.76. The van der Waals surface area contributed by atoms with Gasteiger partial charge in [-0.25, -0.2) is 4.79 Å². The van der Waals surface area contributed by atoms with Gasteiger partial charge in [0.1, 0.15) is 5.60 Å². The van der Waals surface area contributed by atoms with Gasteiger partial charge in [-0.3, -0.25) is 4.79 Å². The lowest BCUT2D eigenvalue weighted by Crippen LogP contribution is -2.50. The zero-order chi connectivity index (χ0) is 27.6. The Bertz CT molecular complexity index is 1180. The van der Waals surface area contributed by atoms with Crippen LogP contribution in [-0.2, 0) is 22.3 Å². The third-order valence-corrected chi connectivity index (χ3v) is 8.40. The Morgan fingerprint density at radius 1 is 0.923 bits per heavy atom. The number of morpholine rings is 1. The molecule has 2 aromatic rings. The van der Waals surface area contributed by atoms with Crippen LogP contribution in [0.15, 0.2) is 40.9 Å².